The Morgan fingerprint density at radius 3 is 2.68 bits per heavy atom. The van der Waals surface area contributed by atoms with E-state index in [1.165, 1.54) is 12.1 Å². The number of pyridine rings is 2. The summed E-state index contributed by atoms with van der Waals surface area (Å²) >= 11 is 0. The van der Waals surface area contributed by atoms with Gasteiger partial charge in [0.15, 0.2) is 17.3 Å². The number of carbonyl (C=O) groups is 1. The summed E-state index contributed by atoms with van der Waals surface area (Å²) in [4.78, 5) is 21.2. The average molecular weight is 337 g/mol. The molecular formula is C18H16FN5O. The number of aromatic nitrogens is 4. The van der Waals surface area contributed by atoms with Gasteiger partial charge in [0.1, 0.15) is 5.82 Å². The lowest BCUT2D eigenvalue weighted by atomic mass is 9.94. The van der Waals surface area contributed by atoms with Gasteiger partial charge in [-0.05, 0) is 39.0 Å². The molecule has 0 aromatic carbocycles. The maximum Gasteiger partial charge on any atom is 0.187 e. The van der Waals surface area contributed by atoms with Crippen LogP contribution < -0.4 is 0 Å². The number of Topliss-reactive ketones (excluding diaryl/α,β-unsaturated/α-hetero) is 1. The van der Waals surface area contributed by atoms with E-state index >= 15 is 0 Å². The van der Waals surface area contributed by atoms with Gasteiger partial charge >= 0.3 is 0 Å². The van der Waals surface area contributed by atoms with Crippen molar-refractivity contribution in [3.05, 3.63) is 53.4 Å². The average Bonchev–Trinajstić information content (AvgIpc) is 2.99. The number of nitriles is 1. The number of rotatable bonds is 4. The van der Waals surface area contributed by atoms with Crippen molar-refractivity contribution >= 4 is 16.8 Å². The monoisotopic (exact) mass is 337 g/mol. The van der Waals surface area contributed by atoms with E-state index in [0.717, 1.165) is 11.6 Å². The Labute approximate surface area is 143 Å². The van der Waals surface area contributed by atoms with E-state index in [2.05, 4.69) is 15.1 Å². The van der Waals surface area contributed by atoms with Crippen LogP contribution in [0.4, 0.5) is 4.39 Å². The van der Waals surface area contributed by atoms with Gasteiger partial charge < -0.3 is 0 Å². The first kappa shape index (κ1) is 16.7. The summed E-state index contributed by atoms with van der Waals surface area (Å²) in [5.74, 6) is -2.04. The van der Waals surface area contributed by atoms with Crippen molar-refractivity contribution in [1.29, 1.82) is 5.26 Å². The van der Waals surface area contributed by atoms with E-state index in [1.807, 2.05) is 19.9 Å². The smallest absolute Gasteiger partial charge is 0.187 e. The van der Waals surface area contributed by atoms with Crippen LogP contribution in [0, 0.1) is 24.1 Å². The summed E-state index contributed by atoms with van der Waals surface area (Å²) in [5.41, 5.74) is 1.76. The lowest BCUT2D eigenvalue weighted by Crippen LogP contribution is -2.15. The number of hydrogen-bond acceptors (Lipinski definition) is 5. The highest BCUT2D eigenvalue weighted by molar-refractivity contribution is 6.05. The quantitative estimate of drug-likeness (QED) is 0.682. The number of ketones is 1. The van der Waals surface area contributed by atoms with Crippen LogP contribution in [0.1, 0.15) is 47.6 Å². The van der Waals surface area contributed by atoms with Crippen LogP contribution in [0.15, 0.2) is 30.6 Å². The summed E-state index contributed by atoms with van der Waals surface area (Å²) in [5, 5.41) is 14.4. The van der Waals surface area contributed by atoms with Gasteiger partial charge in [-0.2, -0.15) is 10.4 Å². The van der Waals surface area contributed by atoms with Crippen LogP contribution in [-0.2, 0) is 0 Å². The molecule has 126 valence electrons. The molecule has 0 aliphatic heterocycles. The molecule has 3 aromatic heterocycles. The predicted molar refractivity (Wildman–Crippen MR) is 89.5 cm³/mol. The van der Waals surface area contributed by atoms with Gasteiger partial charge in [0.05, 0.1) is 29.9 Å². The van der Waals surface area contributed by atoms with Gasteiger partial charge in [-0.25, -0.2) is 14.1 Å². The van der Waals surface area contributed by atoms with Gasteiger partial charge in [0, 0.05) is 17.0 Å². The highest BCUT2D eigenvalue weighted by atomic mass is 19.1. The number of halogens is 1. The van der Waals surface area contributed by atoms with Crippen LogP contribution in [0.5, 0.6) is 0 Å². The van der Waals surface area contributed by atoms with Crippen LogP contribution in [0.25, 0.3) is 11.0 Å². The molecule has 0 N–H and O–H groups in total. The Bertz CT molecular complexity index is 985. The number of nitrogens with zero attached hydrogens (tertiary/aromatic N) is 5. The molecule has 0 saturated heterocycles. The fourth-order valence-corrected chi connectivity index (χ4v) is 2.67. The Balaban J connectivity index is 2.05. The maximum atomic E-state index is 13.0. The molecule has 1 atom stereocenters. The minimum atomic E-state index is -1.11. The second-order valence-corrected chi connectivity index (χ2v) is 6.04. The SMILES string of the molecule is Cc1nc2c(cnn2C(C)C)cc1C(=O)[C@H](C#N)c1ccc(F)cn1. The highest BCUT2D eigenvalue weighted by Gasteiger charge is 2.26. The summed E-state index contributed by atoms with van der Waals surface area (Å²) in [7, 11) is 0. The normalized spacial score (nSPS) is 12.3. The first-order valence-corrected chi connectivity index (χ1v) is 7.82. The second-order valence-electron chi connectivity index (χ2n) is 6.04. The largest absolute Gasteiger partial charge is 0.292 e. The zero-order chi connectivity index (χ0) is 18.1. The number of hydrogen-bond donors (Lipinski definition) is 0. The van der Waals surface area contributed by atoms with Gasteiger partial charge in [0.25, 0.3) is 0 Å². The first-order valence-electron chi connectivity index (χ1n) is 7.82. The molecule has 0 radical (unpaired) electrons. The Hall–Kier alpha value is -3.14. The van der Waals surface area contributed by atoms with E-state index in [4.69, 9.17) is 0 Å². The summed E-state index contributed by atoms with van der Waals surface area (Å²) < 4.78 is 14.8. The van der Waals surface area contributed by atoms with Crippen molar-refractivity contribution in [3.8, 4) is 6.07 Å². The predicted octanol–water partition coefficient (Wildman–Crippen LogP) is 3.34. The van der Waals surface area contributed by atoms with E-state index in [9.17, 15) is 14.4 Å². The molecule has 0 bridgehead atoms. The standard InChI is InChI=1S/C18H16FN5O/c1-10(2)24-18-12(8-22-24)6-14(11(3)23-18)17(25)15(7-20)16-5-4-13(19)9-21-16/h4-6,8-10,15H,1-3H3/t15-/m1/s1. The molecule has 3 aromatic rings. The van der Waals surface area contributed by atoms with Crippen molar-refractivity contribution in [2.45, 2.75) is 32.7 Å². The van der Waals surface area contributed by atoms with Crippen molar-refractivity contribution in [1.82, 2.24) is 19.7 Å². The molecule has 6 nitrogen and oxygen atoms in total. The molecule has 0 fully saturated rings. The van der Waals surface area contributed by atoms with E-state index in [-0.39, 0.29) is 11.7 Å². The van der Waals surface area contributed by atoms with E-state index < -0.39 is 17.5 Å². The summed E-state index contributed by atoms with van der Waals surface area (Å²) in [6.45, 7) is 5.71. The molecule has 7 heteroatoms. The molecule has 0 spiro atoms. The molecule has 0 amide bonds. The number of fused-ring (bicyclic) bond motifs is 1. The topological polar surface area (TPSA) is 84.5 Å². The molecule has 0 unspecified atom stereocenters. The van der Waals surface area contributed by atoms with Gasteiger partial charge in [-0.15, -0.1) is 0 Å². The van der Waals surface area contributed by atoms with Gasteiger partial charge in [-0.3, -0.25) is 9.78 Å². The second kappa shape index (κ2) is 6.40. The third kappa shape index (κ3) is 2.98. The third-order valence-electron chi connectivity index (χ3n) is 3.95. The summed E-state index contributed by atoms with van der Waals surface area (Å²) in [6.07, 6.45) is 2.64. The summed E-state index contributed by atoms with van der Waals surface area (Å²) in [6, 6.07) is 6.31. The third-order valence-corrected chi connectivity index (χ3v) is 3.95. The molecule has 0 saturated carbocycles. The van der Waals surface area contributed by atoms with Crippen molar-refractivity contribution < 1.29 is 9.18 Å². The molecular weight excluding hydrogens is 321 g/mol. The zero-order valence-electron chi connectivity index (χ0n) is 14.1. The van der Waals surface area contributed by atoms with Crippen LogP contribution in [-0.4, -0.2) is 25.5 Å². The van der Waals surface area contributed by atoms with Gasteiger partial charge in [0.2, 0.25) is 0 Å². The van der Waals surface area contributed by atoms with Crippen molar-refractivity contribution in [3.63, 3.8) is 0 Å². The molecule has 0 aliphatic carbocycles. The molecule has 25 heavy (non-hydrogen) atoms. The zero-order valence-corrected chi connectivity index (χ0v) is 14.1. The molecule has 3 rings (SSSR count). The van der Waals surface area contributed by atoms with Crippen LogP contribution >= 0.6 is 0 Å². The van der Waals surface area contributed by atoms with E-state index in [0.29, 0.717) is 16.9 Å². The molecule has 3 heterocycles. The van der Waals surface area contributed by atoms with Crippen LogP contribution in [0.2, 0.25) is 0 Å². The van der Waals surface area contributed by atoms with Crippen molar-refractivity contribution in [2.24, 2.45) is 0 Å². The number of carbonyl (C=O) groups excluding carboxylic acids is 1. The first-order chi connectivity index (χ1) is 11.9. The fraction of sp³-hybridized carbons (Fsp3) is 0.278. The highest BCUT2D eigenvalue weighted by Crippen LogP contribution is 2.24. The Kier molecular flexibility index (Phi) is 4.28. The molecule has 0 aliphatic rings. The minimum Gasteiger partial charge on any atom is -0.292 e. The minimum absolute atomic E-state index is 0.140. The van der Waals surface area contributed by atoms with Gasteiger partial charge in [-0.1, -0.05) is 0 Å². The van der Waals surface area contributed by atoms with Crippen molar-refractivity contribution in [2.75, 3.05) is 0 Å². The Morgan fingerprint density at radius 1 is 1.32 bits per heavy atom. The van der Waals surface area contributed by atoms with E-state index in [1.54, 1.807) is 23.9 Å². The Morgan fingerprint density at radius 2 is 2.08 bits per heavy atom. The lowest BCUT2D eigenvalue weighted by Gasteiger charge is -2.11. The fourth-order valence-electron chi connectivity index (χ4n) is 2.67. The lowest BCUT2D eigenvalue weighted by molar-refractivity contribution is 0.0976. The maximum absolute atomic E-state index is 13.0. The number of aryl methyl sites for hydroxylation is 1. The van der Waals surface area contributed by atoms with Crippen LogP contribution in [0.3, 0.4) is 0 Å².